The fourth-order valence-electron chi connectivity index (χ4n) is 2.28. The fraction of sp³-hybridized carbons (Fsp3) is 0.250. The summed E-state index contributed by atoms with van der Waals surface area (Å²) < 4.78 is 1.94. The van der Waals surface area contributed by atoms with Crippen LogP contribution in [-0.4, -0.2) is 25.5 Å². The van der Waals surface area contributed by atoms with Gasteiger partial charge in [0.2, 0.25) is 5.91 Å². The van der Waals surface area contributed by atoms with Crippen LogP contribution in [0.3, 0.4) is 0 Å². The zero-order valence-corrected chi connectivity index (χ0v) is 12.4. The van der Waals surface area contributed by atoms with E-state index in [1.54, 1.807) is 6.20 Å². The van der Waals surface area contributed by atoms with Gasteiger partial charge in [0.25, 0.3) is 0 Å². The van der Waals surface area contributed by atoms with E-state index in [-0.39, 0.29) is 5.91 Å². The zero-order chi connectivity index (χ0) is 15.4. The second-order valence-electron chi connectivity index (χ2n) is 5.17. The molecule has 0 bridgehead atoms. The Balaban J connectivity index is 1.53. The Morgan fingerprint density at radius 2 is 2.18 bits per heavy atom. The molecule has 6 heteroatoms. The van der Waals surface area contributed by atoms with Gasteiger partial charge in [0.1, 0.15) is 11.6 Å². The molecular weight excluding hydrogens is 278 g/mol. The predicted molar refractivity (Wildman–Crippen MR) is 83.5 cm³/mol. The number of hydrogen-bond donors (Lipinski definition) is 1. The molecular formula is C16H17N5O. The van der Waals surface area contributed by atoms with Crippen LogP contribution in [0.25, 0.3) is 5.65 Å². The Morgan fingerprint density at radius 3 is 3.05 bits per heavy atom. The molecule has 1 N–H and O–H groups in total. The molecule has 3 heterocycles. The highest BCUT2D eigenvalue weighted by atomic mass is 16.1. The number of fused-ring (bicyclic) bond motifs is 1. The normalized spacial score (nSPS) is 10.8. The number of hydrogen-bond acceptors (Lipinski definition) is 4. The summed E-state index contributed by atoms with van der Waals surface area (Å²) >= 11 is 0. The first-order valence-electron chi connectivity index (χ1n) is 7.23. The van der Waals surface area contributed by atoms with Crippen LogP contribution >= 0.6 is 0 Å². The van der Waals surface area contributed by atoms with Crippen LogP contribution in [0.4, 0.5) is 5.82 Å². The van der Waals surface area contributed by atoms with Gasteiger partial charge in [-0.3, -0.25) is 9.20 Å². The molecule has 0 aromatic carbocycles. The number of nitrogens with zero attached hydrogens (tertiary/aromatic N) is 4. The van der Waals surface area contributed by atoms with E-state index in [2.05, 4.69) is 20.5 Å². The van der Waals surface area contributed by atoms with E-state index in [1.807, 2.05) is 47.9 Å². The number of carbonyl (C=O) groups is 1. The van der Waals surface area contributed by atoms with Crippen molar-refractivity contribution in [3.05, 3.63) is 54.1 Å². The first kappa shape index (κ1) is 14.2. The molecule has 3 aromatic rings. The molecule has 3 rings (SSSR count). The largest absolute Gasteiger partial charge is 0.311 e. The van der Waals surface area contributed by atoms with Gasteiger partial charge in [0, 0.05) is 25.2 Å². The average molecular weight is 295 g/mol. The molecule has 0 spiro atoms. The molecule has 0 aliphatic heterocycles. The lowest BCUT2D eigenvalue weighted by atomic mass is 10.2. The summed E-state index contributed by atoms with van der Waals surface area (Å²) in [4.78, 5) is 16.0. The van der Waals surface area contributed by atoms with Gasteiger partial charge in [-0.25, -0.2) is 4.98 Å². The van der Waals surface area contributed by atoms with Crippen molar-refractivity contribution >= 4 is 17.4 Å². The molecule has 0 aliphatic carbocycles. The predicted octanol–water partition coefficient (Wildman–Crippen LogP) is 2.39. The monoisotopic (exact) mass is 295 g/mol. The molecule has 1 amide bonds. The van der Waals surface area contributed by atoms with Gasteiger partial charge >= 0.3 is 0 Å². The lowest BCUT2D eigenvalue weighted by molar-refractivity contribution is -0.116. The van der Waals surface area contributed by atoms with Crippen LogP contribution in [0.5, 0.6) is 0 Å². The molecule has 112 valence electrons. The van der Waals surface area contributed by atoms with Crippen molar-refractivity contribution in [2.45, 2.75) is 26.2 Å². The number of nitrogens with one attached hydrogen (secondary N) is 1. The molecule has 22 heavy (non-hydrogen) atoms. The fourth-order valence-corrected chi connectivity index (χ4v) is 2.28. The Morgan fingerprint density at radius 1 is 1.27 bits per heavy atom. The molecule has 0 atom stereocenters. The zero-order valence-electron chi connectivity index (χ0n) is 12.4. The summed E-state index contributed by atoms with van der Waals surface area (Å²) in [5, 5.41) is 11.1. The Hall–Kier alpha value is -2.76. The van der Waals surface area contributed by atoms with Crippen molar-refractivity contribution < 1.29 is 4.79 Å². The van der Waals surface area contributed by atoms with Crippen LogP contribution in [0, 0.1) is 6.92 Å². The highest BCUT2D eigenvalue weighted by molar-refractivity contribution is 5.89. The summed E-state index contributed by atoms with van der Waals surface area (Å²) in [7, 11) is 0. The third-order valence-corrected chi connectivity index (χ3v) is 3.37. The molecule has 3 aromatic heterocycles. The average Bonchev–Trinajstić information content (AvgIpc) is 2.91. The minimum absolute atomic E-state index is 0.0353. The molecule has 6 nitrogen and oxygen atoms in total. The second kappa shape index (κ2) is 6.34. The summed E-state index contributed by atoms with van der Waals surface area (Å²) in [5.74, 6) is 1.43. The number of carbonyl (C=O) groups excluding carboxylic acids is 1. The van der Waals surface area contributed by atoms with Crippen LogP contribution < -0.4 is 5.32 Å². The van der Waals surface area contributed by atoms with Crippen molar-refractivity contribution in [3.8, 4) is 0 Å². The summed E-state index contributed by atoms with van der Waals surface area (Å²) in [5.41, 5.74) is 1.89. The van der Waals surface area contributed by atoms with E-state index in [0.717, 1.165) is 17.0 Å². The minimum atomic E-state index is -0.0353. The second-order valence-corrected chi connectivity index (χ2v) is 5.17. The third-order valence-electron chi connectivity index (χ3n) is 3.37. The first-order chi connectivity index (χ1) is 10.7. The van der Waals surface area contributed by atoms with Crippen molar-refractivity contribution in [1.82, 2.24) is 19.6 Å². The van der Waals surface area contributed by atoms with Gasteiger partial charge in [-0.2, -0.15) is 0 Å². The quantitative estimate of drug-likeness (QED) is 0.784. The Bertz CT molecular complexity index is 796. The molecule has 0 saturated heterocycles. The first-order valence-corrected chi connectivity index (χ1v) is 7.23. The van der Waals surface area contributed by atoms with Crippen molar-refractivity contribution in [1.29, 1.82) is 0 Å². The molecule has 0 saturated carbocycles. The van der Waals surface area contributed by atoms with Crippen LogP contribution in [0.1, 0.15) is 24.2 Å². The van der Waals surface area contributed by atoms with Gasteiger partial charge in [0.05, 0.1) is 0 Å². The maximum absolute atomic E-state index is 11.9. The lowest BCUT2D eigenvalue weighted by Gasteiger charge is -2.04. The number of aryl methyl sites for hydroxylation is 2. The molecule has 0 aliphatic rings. The van der Waals surface area contributed by atoms with Crippen LogP contribution in [0.2, 0.25) is 0 Å². The van der Waals surface area contributed by atoms with Crippen molar-refractivity contribution in [3.63, 3.8) is 0 Å². The van der Waals surface area contributed by atoms with E-state index < -0.39 is 0 Å². The molecule has 0 radical (unpaired) electrons. The van der Waals surface area contributed by atoms with Crippen molar-refractivity contribution in [2.75, 3.05) is 5.32 Å². The number of pyridine rings is 2. The number of anilines is 1. The highest BCUT2D eigenvalue weighted by Crippen LogP contribution is 2.09. The smallest absolute Gasteiger partial charge is 0.225 e. The van der Waals surface area contributed by atoms with E-state index in [0.29, 0.717) is 25.1 Å². The maximum Gasteiger partial charge on any atom is 0.225 e. The van der Waals surface area contributed by atoms with E-state index in [9.17, 15) is 4.79 Å². The maximum atomic E-state index is 11.9. The van der Waals surface area contributed by atoms with Crippen molar-refractivity contribution in [2.24, 2.45) is 0 Å². The lowest BCUT2D eigenvalue weighted by Crippen LogP contribution is -2.13. The Kier molecular flexibility index (Phi) is 4.09. The topological polar surface area (TPSA) is 72.2 Å². The van der Waals surface area contributed by atoms with Gasteiger partial charge in [-0.05, 0) is 43.2 Å². The SMILES string of the molecule is Cc1ccnc(NC(=O)CCCc2nnc3ccccn23)c1. The number of rotatable bonds is 5. The van der Waals surface area contributed by atoms with E-state index in [1.165, 1.54) is 0 Å². The number of aromatic nitrogens is 4. The minimum Gasteiger partial charge on any atom is -0.311 e. The van der Waals surface area contributed by atoms with E-state index >= 15 is 0 Å². The molecule has 0 unspecified atom stereocenters. The van der Waals surface area contributed by atoms with Gasteiger partial charge in [0.15, 0.2) is 5.65 Å². The van der Waals surface area contributed by atoms with Crippen LogP contribution in [-0.2, 0) is 11.2 Å². The summed E-state index contributed by atoms with van der Waals surface area (Å²) in [6.07, 6.45) is 5.47. The highest BCUT2D eigenvalue weighted by Gasteiger charge is 2.07. The summed E-state index contributed by atoms with van der Waals surface area (Å²) in [6.45, 7) is 1.97. The number of amides is 1. The Labute approximate surface area is 128 Å². The van der Waals surface area contributed by atoms with E-state index in [4.69, 9.17) is 0 Å². The molecule has 0 fully saturated rings. The third kappa shape index (κ3) is 3.28. The van der Waals surface area contributed by atoms with Gasteiger partial charge in [-0.1, -0.05) is 6.07 Å². The standard InChI is InChI=1S/C16H17N5O/c1-12-8-9-17-13(11-12)18-16(22)7-4-6-15-20-19-14-5-2-3-10-21(14)15/h2-3,5,8-11H,4,6-7H2,1H3,(H,17,18,22). The van der Waals surface area contributed by atoms with Crippen LogP contribution in [0.15, 0.2) is 42.7 Å². The van der Waals surface area contributed by atoms with Gasteiger partial charge < -0.3 is 5.32 Å². The van der Waals surface area contributed by atoms with Gasteiger partial charge in [-0.15, -0.1) is 10.2 Å². The summed E-state index contributed by atoms with van der Waals surface area (Å²) in [6, 6.07) is 9.52.